The van der Waals surface area contributed by atoms with Gasteiger partial charge in [-0.1, -0.05) is 0 Å². The number of urea groups is 1. The highest BCUT2D eigenvalue weighted by Crippen LogP contribution is 1.97. The fourth-order valence-electron chi connectivity index (χ4n) is 0.920. The number of carbonyl (C=O) groups is 2. The summed E-state index contributed by atoms with van der Waals surface area (Å²) in [5.74, 6) is -1.04. The van der Waals surface area contributed by atoms with E-state index in [9.17, 15) is 9.59 Å². The molecule has 0 spiro atoms. The van der Waals surface area contributed by atoms with Crippen LogP contribution in [0.25, 0.3) is 0 Å². The van der Waals surface area contributed by atoms with Crippen LogP contribution >= 0.6 is 0 Å². The molecule has 6 nitrogen and oxygen atoms in total. The van der Waals surface area contributed by atoms with Crippen molar-refractivity contribution in [2.24, 2.45) is 0 Å². The lowest BCUT2D eigenvalue weighted by molar-refractivity contribution is -0.139. The van der Waals surface area contributed by atoms with Crippen LogP contribution in [-0.4, -0.2) is 43.9 Å². The maximum Gasteiger partial charge on any atom is 0.326 e. The molecule has 2 amide bonds. The number of hydrogen-bond donors (Lipinski definition) is 3. The molecule has 3 N–H and O–H groups in total. The first-order chi connectivity index (χ1) is 6.61. The molecule has 0 aromatic heterocycles. The first kappa shape index (κ1) is 12.7. The van der Waals surface area contributed by atoms with Crippen LogP contribution in [0.3, 0.4) is 0 Å². The number of carboxylic acids is 1. The summed E-state index contributed by atoms with van der Waals surface area (Å²) in [7, 11) is 2.98. The second-order valence-corrected chi connectivity index (χ2v) is 2.75. The third-order valence-corrected chi connectivity index (χ3v) is 1.67. The van der Waals surface area contributed by atoms with Gasteiger partial charge in [0.2, 0.25) is 0 Å². The molecule has 0 bridgehead atoms. The van der Waals surface area contributed by atoms with Crippen molar-refractivity contribution < 1.29 is 19.4 Å². The minimum atomic E-state index is -1.04. The Morgan fingerprint density at radius 3 is 2.57 bits per heavy atom. The van der Waals surface area contributed by atoms with Crippen molar-refractivity contribution >= 4 is 12.0 Å². The van der Waals surface area contributed by atoms with Gasteiger partial charge in [-0.3, -0.25) is 0 Å². The molecule has 0 aromatic rings. The Kier molecular flexibility index (Phi) is 6.47. The molecule has 6 heteroatoms. The van der Waals surface area contributed by atoms with Crippen LogP contribution in [0.1, 0.15) is 12.8 Å². The van der Waals surface area contributed by atoms with Crippen LogP contribution < -0.4 is 10.6 Å². The number of ether oxygens (including phenoxy) is 1. The second kappa shape index (κ2) is 7.14. The van der Waals surface area contributed by atoms with Crippen molar-refractivity contribution in [1.29, 1.82) is 0 Å². The molecule has 0 aliphatic heterocycles. The topological polar surface area (TPSA) is 87.7 Å². The van der Waals surface area contributed by atoms with Gasteiger partial charge < -0.3 is 20.5 Å². The number of amides is 2. The van der Waals surface area contributed by atoms with Gasteiger partial charge in [0.1, 0.15) is 6.04 Å². The summed E-state index contributed by atoms with van der Waals surface area (Å²) >= 11 is 0. The molecule has 14 heavy (non-hydrogen) atoms. The summed E-state index contributed by atoms with van der Waals surface area (Å²) in [5.41, 5.74) is 0. The zero-order valence-corrected chi connectivity index (χ0v) is 8.37. The first-order valence-electron chi connectivity index (χ1n) is 4.31. The third kappa shape index (κ3) is 5.36. The van der Waals surface area contributed by atoms with Crippen molar-refractivity contribution in [2.45, 2.75) is 18.9 Å². The quantitative estimate of drug-likeness (QED) is 0.523. The Morgan fingerprint density at radius 1 is 1.50 bits per heavy atom. The molecular formula is C8H16N2O4. The molecule has 0 saturated carbocycles. The van der Waals surface area contributed by atoms with Crippen molar-refractivity contribution in [3.05, 3.63) is 0 Å². The van der Waals surface area contributed by atoms with Crippen molar-refractivity contribution in [1.82, 2.24) is 10.6 Å². The molecule has 0 aromatic carbocycles. The smallest absolute Gasteiger partial charge is 0.326 e. The van der Waals surface area contributed by atoms with Crippen molar-refractivity contribution in [2.75, 3.05) is 20.8 Å². The number of rotatable bonds is 6. The SMILES string of the molecule is CNC(=O)NC(CCCOC)C(=O)O. The van der Waals surface area contributed by atoms with E-state index in [4.69, 9.17) is 9.84 Å². The van der Waals surface area contributed by atoms with Gasteiger partial charge in [0.05, 0.1) is 0 Å². The number of nitrogens with one attached hydrogen (secondary N) is 2. The minimum absolute atomic E-state index is 0.358. The third-order valence-electron chi connectivity index (χ3n) is 1.67. The Morgan fingerprint density at radius 2 is 2.14 bits per heavy atom. The van der Waals surface area contributed by atoms with Gasteiger partial charge in [-0.25, -0.2) is 9.59 Å². The Hall–Kier alpha value is -1.30. The first-order valence-corrected chi connectivity index (χ1v) is 4.31. The van der Waals surface area contributed by atoms with Gasteiger partial charge in [0.25, 0.3) is 0 Å². The van der Waals surface area contributed by atoms with E-state index in [1.807, 2.05) is 0 Å². The number of hydrogen-bond acceptors (Lipinski definition) is 3. The summed E-state index contributed by atoms with van der Waals surface area (Å²) in [6.45, 7) is 0.485. The lowest BCUT2D eigenvalue weighted by Gasteiger charge is -2.13. The maximum absolute atomic E-state index is 10.8. The van der Waals surface area contributed by atoms with Crippen LogP contribution in [0.5, 0.6) is 0 Å². The maximum atomic E-state index is 10.8. The Balaban J connectivity index is 3.90. The van der Waals surface area contributed by atoms with Crippen LogP contribution in [-0.2, 0) is 9.53 Å². The van der Waals surface area contributed by atoms with Gasteiger partial charge in [-0.05, 0) is 12.8 Å². The van der Waals surface area contributed by atoms with E-state index in [1.54, 1.807) is 7.11 Å². The highest BCUT2D eigenvalue weighted by molar-refractivity contribution is 5.82. The van der Waals surface area contributed by atoms with E-state index in [2.05, 4.69) is 10.6 Å². The molecule has 0 heterocycles. The number of carboxylic acid groups (broad SMARTS) is 1. The largest absolute Gasteiger partial charge is 0.480 e. The number of methoxy groups -OCH3 is 1. The van der Waals surface area contributed by atoms with Crippen LogP contribution in [0.2, 0.25) is 0 Å². The average Bonchev–Trinajstić information content (AvgIpc) is 2.16. The van der Waals surface area contributed by atoms with Gasteiger partial charge in [0.15, 0.2) is 0 Å². The Labute approximate surface area is 82.6 Å². The number of carbonyl (C=O) groups excluding carboxylic acids is 1. The van der Waals surface area contributed by atoms with E-state index in [-0.39, 0.29) is 0 Å². The van der Waals surface area contributed by atoms with E-state index in [0.29, 0.717) is 19.4 Å². The lowest BCUT2D eigenvalue weighted by atomic mass is 10.1. The van der Waals surface area contributed by atoms with Gasteiger partial charge in [0, 0.05) is 20.8 Å². The molecule has 1 unspecified atom stereocenters. The molecular weight excluding hydrogens is 188 g/mol. The van der Waals surface area contributed by atoms with Crippen LogP contribution in [0.4, 0.5) is 4.79 Å². The summed E-state index contributed by atoms with van der Waals surface area (Å²) in [5, 5.41) is 13.3. The van der Waals surface area contributed by atoms with Gasteiger partial charge in [-0.15, -0.1) is 0 Å². The summed E-state index contributed by atoms with van der Waals surface area (Å²) in [6, 6.07) is -1.35. The summed E-state index contributed by atoms with van der Waals surface area (Å²) in [4.78, 5) is 21.5. The predicted molar refractivity (Wildman–Crippen MR) is 50.1 cm³/mol. The van der Waals surface area contributed by atoms with E-state index in [1.165, 1.54) is 7.05 Å². The average molecular weight is 204 g/mol. The molecule has 0 aliphatic carbocycles. The van der Waals surface area contributed by atoms with Gasteiger partial charge >= 0.3 is 12.0 Å². The zero-order chi connectivity index (χ0) is 11.0. The molecule has 0 radical (unpaired) electrons. The standard InChI is InChI=1S/C8H16N2O4/c1-9-8(13)10-6(7(11)12)4-3-5-14-2/h6H,3-5H2,1-2H3,(H,11,12)(H2,9,10,13). The van der Waals surface area contributed by atoms with Crippen LogP contribution in [0, 0.1) is 0 Å². The van der Waals surface area contributed by atoms with E-state index in [0.717, 1.165) is 0 Å². The highest BCUT2D eigenvalue weighted by Gasteiger charge is 2.18. The highest BCUT2D eigenvalue weighted by atomic mass is 16.5. The summed E-state index contributed by atoms with van der Waals surface area (Å²) in [6.07, 6.45) is 0.952. The fourth-order valence-corrected chi connectivity index (χ4v) is 0.920. The predicted octanol–water partition coefficient (Wildman–Crippen LogP) is -0.205. The van der Waals surface area contributed by atoms with Crippen LogP contribution in [0.15, 0.2) is 0 Å². The van der Waals surface area contributed by atoms with E-state index >= 15 is 0 Å². The number of aliphatic carboxylic acids is 1. The van der Waals surface area contributed by atoms with Gasteiger partial charge in [-0.2, -0.15) is 0 Å². The van der Waals surface area contributed by atoms with Crippen molar-refractivity contribution in [3.8, 4) is 0 Å². The lowest BCUT2D eigenvalue weighted by Crippen LogP contribution is -2.44. The molecule has 0 aliphatic rings. The molecule has 0 rings (SSSR count). The molecule has 0 fully saturated rings. The fraction of sp³-hybridized carbons (Fsp3) is 0.750. The van der Waals surface area contributed by atoms with Crippen molar-refractivity contribution in [3.63, 3.8) is 0 Å². The zero-order valence-electron chi connectivity index (χ0n) is 8.37. The normalized spacial score (nSPS) is 11.9. The minimum Gasteiger partial charge on any atom is -0.480 e. The Bertz CT molecular complexity index is 196. The molecule has 1 atom stereocenters. The second-order valence-electron chi connectivity index (χ2n) is 2.75. The van der Waals surface area contributed by atoms with E-state index < -0.39 is 18.0 Å². The monoisotopic (exact) mass is 204 g/mol. The summed E-state index contributed by atoms with van der Waals surface area (Å²) < 4.78 is 4.78. The molecule has 82 valence electrons. The molecule has 0 saturated heterocycles.